The van der Waals surface area contributed by atoms with Gasteiger partial charge in [-0.3, -0.25) is 4.79 Å². The summed E-state index contributed by atoms with van der Waals surface area (Å²) >= 11 is 3.37. The Kier molecular flexibility index (Phi) is 3.54. The Balaban J connectivity index is 1.33. The molecule has 0 aliphatic carbocycles. The van der Waals surface area contributed by atoms with Gasteiger partial charge in [-0.25, -0.2) is 9.97 Å². The minimum absolute atomic E-state index is 0.0431. The molecule has 1 atom stereocenters. The molecule has 2 aliphatic heterocycles. The highest BCUT2D eigenvalue weighted by molar-refractivity contribution is 8.01. The van der Waals surface area contributed by atoms with Crippen molar-refractivity contribution in [2.75, 3.05) is 18.8 Å². The molecule has 4 rings (SSSR count). The number of nitrogens with zero attached hydrogens (tertiary/aromatic N) is 3. The van der Waals surface area contributed by atoms with Crippen LogP contribution in [0.1, 0.15) is 16.9 Å². The first-order valence-corrected chi connectivity index (χ1v) is 9.06. The lowest BCUT2D eigenvalue weighted by molar-refractivity contribution is 0.0511. The lowest BCUT2D eigenvalue weighted by Crippen LogP contribution is -2.60. The molecular weight excluding hydrogens is 318 g/mol. The van der Waals surface area contributed by atoms with Crippen molar-refractivity contribution in [3.63, 3.8) is 0 Å². The predicted molar refractivity (Wildman–Crippen MR) is 86.5 cm³/mol. The molecule has 1 spiro atoms. The van der Waals surface area contributed by atoms with Crippen molar-refractivity contribution in [1.82, 2.24) is 14.9 Å². The highest BCUT2D eigenvalue weighted by atomic mass is 32.2. The Hall–Kier alpha value is -1.60. The number of hydrogen-bond acceptors (Lipinski definition) is 6. The third-order valence-corrected chi connectivity index (χ3v) is 6.16. The maximum absolute atomic E-state index is 12.2. The average molecular weight is 333 g/mol. The van der Waals surface area contributed by atoms with Crippen LogP contribution >= 0.6 is 23.1 Å². The van der Waals surface area contributed by atoms with Crippen LogP contribution in [0.4, 0.5) is 0 Å². The molecule has 4 heterocycles. The molecule has 5 nitrogen and oxygen atoms in total. The van der Waals surface area contributed by atoms with Crippen LogP contribution in [0, 0.1) is 0 Å². The number of likely N-dealkylation sites (tertiary alicyclic amines) is 1. The van der Waals surface area contributed by atoms with Gasteiger partial charge in [-0.2, -0.15) is 0 Å². The summed E-state index contributed by atoms with van der Waals surface area (Å²) < 4.78 is 6.09. The number of carbonyl (C=O) groups is 1. The molecule has 1 amide bonds. The van der Waals surface area contributed by atoms with E-state index in [0.717, 1.165) is 25.3 Å². The highest BCUT2D eigenvalue weighted by Gasteiger charge is 2.51. The SMILES string of the molecule is O=C(c1cscn1)N1CC2(C[C@H](Oc3ccccn3)CS2)C1. The lowest BCUT2D eigenvalue weighted by atomic mass is 9.92. The standard InChI is InChI=1S/C15H15N3O2S2/c19-14(12-7-21-10-17-12)18-8-15(9-18)5-11(6-22-15)20-13-3-1-2-4-16-13/h1-4,7,10-11H,5-6,8-9H2/t11-/m0/s1. The molecule has 0 aromatic carbocycles. The molecular formula is C15H15N3O2S2. The number of pyridine rings is 1. The van der Waals surface area contributed by atoms with Crippen LogP contribution in [0.25, 0.3) is 0 Å². The summed E-state index contributed by atoms with van der Waals surface area (Å²) in [6.45, 7) is 1.58. The van der Waals surface area contributed by atoms with Crippen LogP contribution in [0.15, 0.2) is 35.3 Å². The maximum atomic E-state index is 12.2. The first-order chi connectivity index (χ1) is 10.7. The van der Waals surface area contributed by atoms with Gasteiger partial charge < -0.3 is 9.64 Å². The Bertz CT molecular complexity index is 657. The zero-order valence-electron chi connectivity index (χ0n) is 11.8. The van der Waals surface area contributed by atoms with Crippen molar-refractivity contribution in [1.29, 1.82) is 0 Å². The monoisotopic (exact) mass is 333 g/mol. The van der Waals surface area contributed by atoms with Gasteiger partial charge in [0.2, 0.25) is 5.88 Å². The topological polar surface area (TPSA) is 55.3 Å². The van der Waals surface area contributed by atoms with E-state index in [9.17, 15) is 4.79 Å². The average Bonchev–Trinajstić information content (AvgIpc) is 3.16. The zero-order valence-corrected chi connectivity index (χ0v) is 13.5. The van der Waals surface area contributed by atoms with E-state index in [1.807, 2.05) is 40.2 Å². The number of rotatable bonds is 3. The molecule has 0 radical (unpaired) electrons. The lowest BCUT2D eigenvalue weighted by Gasteiger charge is -2.47. The molecule has 2 aromatic rings. The number of ether oxygens (including phenoxy) is 1. The van der Waals surface area contributed by atoms with Crippen LogP contribution in [0.2, 0.25) is 0 Å². The minimum Gasteiger partial charge on any atom is -0.473 e. The van der Waals surface area contributed by atoms with E-state index in [-0.39, 0.29) is 16.8 Å². The van der Waals surface area contributed by atoms with Crippen molar-refractivity contribution in [3.05, 3.63) is 41.0 Å². The van der Waals surface area contributed by atoms with Gasteiger partial charge >= 0.3 is 0 Å². The fourth-order valence-corrected chi connectivity index (χ4v) is 5.01. The van der Waals surface area contributed by atoms with Crippen LogP contribution in [0.3, 0.4) is 0 Å². The Labute approximate surface area is 136 Å². The third-order valence-electron chi connectivity index (χ3n) is 4.00. The van der Waals surface area contributed by atoms with Gasteiger partial charge in [-0.05, 0) is 6.07 Å². The molecule has 2 fully saturated rings. The number of thiazole rings is 1. The summed E-state index contributed by atoms with van der Waals surface area (Å²) in [5.41, 5.74) is 2.26. The molecule has 22 heavy (non-hydrogen) atoms. The van der Waals surface area contributed by atoms with Crippen LogP contribution < -0.4 is 4.74 Å². The third kappa shape index (κ3) is 2.59. The molecule has 2 aliphatic rings. The molecule has 7 heteroatoms. The largest absolute Gasteiger partial charge is 0.473 e. The second kappa shape index (κ2) is 5.55. The van der Waals surface area contributed by atoms with E-state index in [4.69, 9.17) is 4.74 Å². The van der Waals surface area contributed by atoms with Crippen molar-refractivity contribution < 1.29 is 9.53 Å². The van der Waals surface area contributed by atoms with Gasteiger partial charge in [-0.1, -0.05) is 6.07 Å². The van der Waals surface area contributed by atoms with E-state index in [2.05, 4.69) is 9.97 Å². The highest BCUT2D eigenvalue weighted by Crippen LogP contribution is 2.46. The molecule has 0 bridgehead atoms. The Morgan fingerprint density at radius 3 is 3.00 bits per heavy atom. The van der Waals surface area contributed by atoms with E-state index in [1.54, 1.807) is 11.7 Å². The summed E-state index contributed by atoms with van der Waals surface area (Å²) in [6.07, 6.45) is 2.89. The van der Waals surface area contributed by atoms with Crippen LogP contribution in [0.5, 0.6) is 5.88 Å². The zero-order chi connectivity index (χ0) is 15.0. The molecule has 0 unspecified atom stereocenters. The van der Waals surface area contributed by atoms with Gasteiger partial charge in [0, 0.05) is 42.9 Å². The fourth-order valence-electron chi connectivity index (χ4n) is 2.96. The van der Waals surface area contributed by atoms with E-state index in [0.29, 0.717) is 11.6 Å². The van der Waals surface area contributed by atoms with Gasteiger partial charge in [0.15, 0.2) is 0 Å². The molecule has 2 saturated heterocycles. The van der Waals surface area contributed by atoms with Crippen molar-refractivity contribution in [2.24, 2.45) is 0 Å². The summed E-state index contributed by atoms with van der Waals surface area (Å²) in [5, 5.41) is 1.81. The van der Waals surface area contributed by atoms with Crippen molar-refractivity contribution in [2.45, 2.75) is 17.3 Å². The molecule has 0 N–H and O–H groups in total. The van der Waals surface area contributed by atoms with Crippen LogP contribution in [-0.2, 0) is 0 Å². The van der Waals surface area contributed by atoms with E-state index in [1.165, 1.54) is 11.3 Å². The molecule has 0 saturated carbocycles. The number of thioether (sulfide) groups is 1. The number of aromatic nitrogens is 2. The number of hydrogen-bond donors (Lipinski definition) is 0. The minimum atomic E-state index is 0.0431. The van der Waals surface area contributed by atoms with E-state index < -0.39 is 0 Å². The summed E-state index contributed by atoms with van der Waals surface area (Å²) in [7, 11) is 0. The summed E-state index contributed by atoms with van der Waals surface area (Å²) in [4.78, 5) is 22.4. The summed E-state index contributed by atoms with van der Waals surface area (Å²) in [6, 6.07) is 5.69. The predicted octanol–water partition coefficient (Wildman–Crippen LogP) is 2.32. The van der Waals surface area contributed by atoms with Crippen LogP contribution in [-0.4, -0.2) is 50.5 Å². The molecule has 2 aromatic heterocycles. The summed E-state index contributed by atoms with van der Waals surface area (Å²) in [5.74, 6) is 1.68. The van der Waals surface area contributed by atoms with Gasteiger partial charge in [0.25, 0.3) is 5.91 Å². The number of amides is 1. The first-order valence-electron chi connectivity index (χ1n) is 7.13. The molecule has 114 valence electrons. The normalized spacial score (nSPS) is 22.5. The van der Waals surface area contributed by atoms with E-state index >= 15 is 0 Å². The quantitative estimate of drug-likeness (QED) is 0.863. The number of carbonyl (C=O) groups excluding carboxylic acids is 1. The Morgan fingerprint density at radius 2 is 2.27 bits per heavy atom. The second-order valence-electron chi connectivity index (χ2n) is 5.64. The second-order valence-corrected chi connectivity index (χ2v) is 7.85. The van der Waals surface area contributed by atoms with Gasteiger partial charge in [0.1, 0.15) is 11.8 Å². The Morgan fingerprint density at radius 1 is 1.36 bits per heavy atom. The van der Waals surface area contributed by atoms with Gasteiger partial charge in [0.05, 0.1) is 10.3 Å². The van der Waals surface area contributed by atoms with Gasteiger partial charge in [-0.15, -0.1) is 23.1 Å². The fraction of sp³-hybridized carbons (Fsp3) is 0.400. The first kappa shape index (κ1) is 14.0. The van der Waals surface area contributed by atoms with Crippen molar-refractivity contribution >= 4 is 29.0 Å². The van der Waals surface area contributed by atoms with Crippen molar-refractivity contribution in [3.8, 4) is 5.88 Å². The maximum Gasteiger partial charge on any atom is 0.273 e. The smallest absolute Gasteiger partial charge is 0.273 e.